The van der Waals surface area contributed by atoms with Crippen LogP contribution < -0.4 is 10.1 Å². The smallest absolute Gasteiger partial charge is 0.239 e. The molecule has 0 unspecified atom stereocenters. The SMILES string of the molecule is CCc1ccc(Oc2ccc(NC(=O)CCl)cc2)cc1. The number of ether oxygens (including phenoxy) is 1. The minimum atomic E-state index is -0.226. The highest BCUT2D eigenvalue weighted by Crippen LogP contribution is 2.23. The molecule has 0 saturated heterocycles. The zero-order valence-corrected chi connectivity index (χ0v) is 12.0. The molecule has 0 aromatic heterocycles. The topological polar surface area (TPSA) is 38.3 Å². The van der Waals surface area contributed by atoms with E-state index in [1.807, 2.05) is 24.3 Å². The van der Waals surface area contributed by atoms with Gasteiger partial charge in [0.25, 0.3) is 0 Å². The first-order valence-corrected chi connectivity index (χ1v) is 6.97. The highest BCUT2D eigenvalue weighted by atomic mass is 35.5. The quantitative estimate of drug-likeness (QED) is 0.837. The number of hydrogen-bond acceptors (Lipinski definition) is 2. The summed E-state index contributed by atoms with van der Waals surface area (Å²) in [5.74, 6) is 1.23. The number of nitrogens with one attached hydrogen (secondary N) is 1. The largest absolute Gasteiger partial charge is 0.457 e. The summed E-state index contributed by atoms with van der Waals surface area (Å²) in [6, 6.07) is 15.1. The summed E-state index contributed by atoms with van der Waals surface area (Å²) in [5.41, 5.74) is 1.97. The summed E-state index contributed by atoms with van der Waals surface area (Å²) in [4.78, 5) is 11.1. The highest BCUT2D eigenvalue weighted by molar-refractivity contribution is 6.29. The second-order valence-electron chi connectivity index (χ2n) is 4.31. The molecule has 0 aliphatic carbocycles. The Bertz CT molecular complexity index is 564. The summed E-state index contributed by atoms with van der Waals surface area (Å²) in [7, 11) is 0. The van der Waals surface area contributed by atoms with E-state index in [1.165, 1.54) is 5.56 Å². The number of carbonyl (C=O) groups is 1. The Hall–Kier alpha value is -2.00. The summed E-state index contributed by atoms with van der Waals surface area (Å²) >= 11 is 5.43. The van der Waals surface area contributed by atoms with Gasteiger partial charge in [-0.3, -0.25) is 4.79 Å². The van der Waals surface area contributed by atoms with Gasteiger partial charge >= 0.3 is 0 Å². The molecule has 0 spiro atoms. The molecule has 0 atom stereocenters. The fourth-order valence-corrected chi connectivity index (χ4v) is 1.80. The Morgan fingerprint density at radius 2 is 1.60 bits per heavy atom. The van der Waals surface area contributed by atoms with E-state index in [4.69, 9.17) is 16.3 Å². The number of hydrogen-bond donors (Lipinski definition) is 1. The highest BCUT2D eigenvalue weighted by Gasteiger charge is 2.01. The molecule has 0 aliphatic heterocycles. The summed E-state index contributed by atoms with van der Waals surface area (Å²) in [6.45, 7) is 2.11. The zero-order valence-electron chi connectivity index (χ0n) is 11.2. The summed E-state index contributed by atoms with van der Waals surface area (Å²) in [6.07, 6.45) is 1.01. The van der Waals surface area contributed by atoms with Crippen LogP contribution in [0.4, 0.5) is 5.69 Å². The van der Waals surface area contributed by atoms with E-state index in [0.29, 0.717) is 5.69 Å². The first-order valence-electron chi connectivity index (χ1n) is 6.44. The maximum atomic E-state index is 11.1. The number of rotatable bonds is 5. The molecule has 0 saturated carbocycles. The molecule has 1 amide bonds. The molecular weight excluding hydrogens is 274 g/mol. The van der Waals surface area contributed by atoms with Crippen molar-refractivity contribution in [1.82, 2.24) is 0 Å². The van der Waals surface area contributed by atoms with E-state index in [9.17, 15) is 4.79 Å². The van der Waals surface area contributed by atoms with Gasteiger partial charge in [-0.2, -0.15) is 0 Å². The average molecular weight is 290 g/mol. The third-order valence-electron chi connectivity index (χ3n) is 2.83. The molecule has 1 N–H and O–H groups in total. The van der Waals surface area contributed by atoms with Crippen LogP contribution in [-0.4, -0.2) is 11.8 Å². The third-order valence-corrected chi connectivity index (χ3v) is 3.07. The van der Waals surface area contributed by atoms with Crippen LogP contribution >= 0.6 is 11.6 Å². The van der Waals surface area contributed by atoms with Gasteiger partial charge in [-0.1, -0.05) is 19.1 Å². The first-order chi connectivity index (χ1) is 9.71. The molecule has 2 rings (SSSR count). The molecule has 20 heavy (non-hydrogen) atoms. The number of halogens is 1. The summed E-state index contributed by atoms with van der Waals surface area (Å²) < 4.78 is 5.73. The van der Waals surface area contributed by atoms with Gasteiger partial charge in [0.2, 0.25) is 5.91 Å². The second kappa shape index (κ2) is 6.96. The maximum Gasteiger partial charge on any atom is 0.239 e. The standard InChI is InChI=1S/C16H16ClNO2/c1-2-12-3-7-14(8-4-12)20-15-9-5-13(6-10-15)18-16(19)11-17/h3-10H,2,11H2,1H3,(H,18,19). The Labute approximate surface area is 123 Å². The van der Waals surface area contributed by atoms with E-state index in [-0.39, 0.29) is 11.8 Å². The zero-order chi connectivity index (χ0) is 14.4. The van der Waals surface area contributed by atoms with Crippen molar-refractivity contribution in [2.45, 2.75) is 13.3 Å². The number of benzene rings is 2. The van der Waals surface area contributed by atoms with Gasteiger partial charge in [-0.05, 0) is 48.4 Å². The van der Waals surface area contributed by atoms with Crippen LogP contribution in [0.2, 0.25) is 0 Å². The van der Waals surface area contributed by atoms with Gasteiger partial charge in [-0.25, -0.2) is 0 Å². The fraction of sp³-hybridized carbons (Fsp3) is 0.188. The lowest BCUT2D eigenvalue weighted by Gasteiger charge is -2.08. The van der Waals surface area contributed by atoms with E-state index in [0.717, 1.165) is 17.9 Å². The lowest BCUT2D eigenvalue weighted by atomic mass is 10.2. The average Bonchev–Trinajstić information content (AvgIpc) is 2.50. The Balaban J connectivity index is 2.00. The van der Waals surface area contributed by atoms with Crippen LogP contribution in [0.25, 0.3) is 0 Å². The van der Waals surface area contributed by atoms with Crippen molar-refractivity contribution in [3.63, 3.8) is 0 Å². The third kappa shape index (κ3) is 4.00. The van der Waals surface area contributed by atoms with Crippen LogP contribution in [0.5, 0.6) is 11.5 Å². The van der Waals surface area contributed by atoms with Crippen LogP contribution in [0, 0.1) is 0 Å². The van der Waals surface area contributed by atoms with Gasteiger partial charge < -0.3 is 10.1 Å². The van der Waals surface area contributed by atoms with Gasteiger partial charge in [0, 0.05) is 5.69 Å². The monoisotopic (exact) mass is 289 g/mol. The van der Waals surface area contributed by atoms with E-state index < -0.39 is 0 Å². The van der Waals surface area contributed by atoms with Crippen molar-refractivity contribution in [2.75, 3.05) is 11.2 Å². The van der Waals surface area contributed by atoms with Crippen LogP contribution in [0.3, 0.4) is 0 Å². The molecule has 0 bridgehead atoms. The Kier molecular flexibility index (Phi) is 5.02. The van der Waals surface area contributed by atoms with Crippen molar-refractivity contribution in [1.29, 1.82) is 0 Å². The predicted octanol–water partition coefficient (Wildman–Crippen LogP) is 4.22. The molecule has 0 aliphatic rings. The molecule has 2 aromatic carbocycles. The lowest BCUT2D eigenvalue weighted by molar-refractivity contribution is -0.113. The minimum absolute atomic E-state index is 0.0535. The number of carbonyl (C=O) groups excluding carboxylic acids is 1. The van der Waals surface area contributed by atoms with Gasteiger partial charge in [0.1, 0.15) is 17.4 Å². The molecule has 0 radical (unpaired) electrons. The van der Waals surface area contributed by atoms with Crippen molar-refractivity contribution >= 4 is 23.2 Å². The lowest BCUT2D eigenvalue weighted by Crippen LogP contribution is -2.12. The molecule has 0 fully saturated rings. The van der Waals surface area contributed by atoms with Gasteiger partial charge in [-0.15, -0.1) is 11.6 Å². The van der Waals surface area contributed by atoms with E-state index in [2.05, 4.69) is 12.2 Å². The Morgan fingerprint density at radius 1 is 1.05 bits per heavy atom. The molecule has 4 heteroatoms. The fourth-order valence-electron chi connectivity index (χ4n) is 1.73. The molecule has 3 nitrogen and oxygen atoms in total. The molecule has 2 aromatic rings. The number of alkyl halides is 1. The number of aryl methyl sites for hydroxylation is 1. The molecule has 104 valence electrons. The predicted molar refractivity (Wildman–Crippen MR) is 81.7 cm³/mol. The summed E-state index contributed by atoms with van der Waals surface area (Å²) in [5, 5.41) is 2.67. The van der Waals surface area contributed by atoms with Crippen molar-refractivity contribution in [3.05, 3.63) is 54.1 Å². The Morgan fingerprint density at radius 3 is 2.10 bits per heavy atom. The van der Waals surface area contributed by atoms with Crippen LogP contribution in [0.1, 0.15) is 12.5 Å². The van der Waals surface area contributed by atoms with Crippen molar-refractivity contribution in [2.24, 2.45) is 0 Å². The van der Waals surface area contributed by atoms with Crippen molar-refractivity contribution in [3.8, 4) is 11.5 Å². The maximum absolute atomic E-state index is 11.1. The van der Waals surface area contributed by atoms with Gasteiger partial charge in [0.15, 0.2) is 0 Å². The molecule has 0 heterocycles. The number of amides is 1. The van der Waals surface area contributed by atoms with Crippen molar-refractivity contribution < 1.29 is 9.53 Å². The number of anilines is 1. The van der Waals surface area contributed by atoms with E-state index in [1.54, 1.807) is 24.3 Å². The first kappa shape index (κ1) is 14.4. The normalized spacial score (nSPS) is 10.1. The minimum Gasteiger partial charge on any atom is -0.457 e. The second-order valence-corrected chi connectivity index (χ2v) is 4.57. The van der Waals surface area contributed by atoms with Crippen LogP contribution in [0.15, 0.2) is 48.5 Å². The molecular formula is C16H16ClNO2. The van der Waals surface area contributed by atoms with Gasteiger partial charge in [0.05, 0.1) is 0 Å². The van der Waals surface area contributed by atoms with Crippen LogP contribution in [-0.2, 0) is 11.2 Å². The van der Waals surface area contributed by atoms with E-state index >= 15 is 0 Å².